The van der Waals surface area contributed by atoms with E-state index >= 15 is 0 Å². The number of carbonyl (C=O) groups excluding carboxylic acids is 1. The molecule has 1 aliphatic rings. The number of piperidine rings is 1. The zero-order valence-electron chi connectivity index (χ0n) is 17.7. The van der Waals surface area contributed by atoms with E-state index in [2.05, 4.69) is 30.7 Å². The second-order valence-electron chi connectivity index (χ2n) is 7.82. The van der Waals surface area contributed by atoms with Gasteiger partial charge < -0.3 is 15.5 Å². The molecule has 7 nitrogen and oxygen atoms in total. The SMILES string of the molecule is O=C(NCc1cccnc1)C1CCN(c2ccc(Nc3ccc(C(F)(F)F)cc3)nn2)CC1. The average molecular weight is 456 g/mol. The zero-order valence-corrected chi connectivity index (χ0v) is 17.7. The summed E-state index contributed by atoms with van der Waals surface area (Å²) in [5.41, 5.74) is 0.746. The molecule has 0 bridgehead atoms. The van der Waals surface area contributed by atoms with Gasteiger partial charge in [-0.05, 0) is 60.9 Å². The first-order valence-electron chi connectivity index (χ1n) is 10.6. The Bertz CT molecular complexity index is 1050. The predicted molar refractivity (Wildman–Crippen MR) is 118 cm³/mol. The number of anilines is 3. The Morgan fingerprint density at radius 1 is 1.03 bits per heavy atom. The lowest BCUT2D eigenvalue weighted by molar-refractivity contribution is -0.137. The van der Waals surface area contributed by atoms with E-state index in [1.54, 1.807) is 18.5 Å². The van der Waals surface area contributed by atoms with Crippen molar-refractivity contribution in [3.8, 4) is 0 Å². The van der Waals surface area contributed by atoms with Gasteiger partial charge in [0.2, 0.25) is 5.91 Å². The molecule has 4 rings (SSSR count). The Morgan fingerprint density at radius 2 is 1.79 bits per heavy atom. The van der Waals surface area contributed by atoms with Crippen LogP contribution in [0.25, 0.3) is 0 Å². The predicted octanol–water partition coefficient (Wildman–Crippen LogP) is 4.17. The Morgan fingerprint density at radius 3 is 2.39 bits per heavy atom. The van der Waals surface area contributed by atoms with Crippen LogP contribution in [0.15, 0.2) is 60.9 Å². The van der Waals surface area contributed by atoms with Crippen molar-refractivity contribution in [2.45, 2.75) is 25.6 Å². The second kappa shape index (κ2) is 9.85. The van der Waals surface area contributed by atoms with Crippen LogP contribution in [0.3, 0.4) is 0 Å². The molecule has 1 saturated heterocycles. The summed E-state index contributed by atoms with van der Waals surface area (Å²) < 4.78 is 38.0. The molecule has 0 unspecified atom stereocenters. The third kappa shape index (κ3) is 5.97. The molecule has 0 atom stereocenters. The van der Waals surface area contributed by atoms with Gasteiger partial charge >= 0.3 is 6.18 Å². The van der Waals surface area contributed by atoms with E-state index in [0.29, 0.717) is 49.8 Å². The smallest absolute Gasteiger partial charge is 0.355 e. The molecule has 172 valence electrons. The molecule has 2 N–H and O–H groups in total. The van der Waals surface area contributed by atoms with Crippen molar-refractivity contribution >= 4 is 23.2 Å². The Hall–Kier alpha value is -3.69. The number of aromatic nitrogens is 3. The van der Waals surface area contributed by atoms with Crippen LogP contribution in [0.1, 0.15) is 24.0 Å². The normalized spacial score (nSPS) is 14.7. The monoisotopic (exact) mass is 456 g/mol. The van der Waals surface area contributed by atoms with Crippen molar-refractivity contribution in [1.29, 1.82) is 0 Å². The minimum Gasteiger partial charge on any atom is -0.355 e. The molecule has 1 amide bonds. The molecule has 1 fully saturated rings. The number of nitrogens with zero attached hydrogens (tertiary/aromatic N) is 4. The minimum absolute atomic E-state index is 0.0423. The highest BCUT2D eigenvalue weighted by Gasteiger charge is 2.30. The molecule has 2 aromatic heterocycles. The number of carbonyl (C=O) groups is 1. The van der Waals surface area contributed by atoms with Crippen molar-refractivity contribution in [1.82, 2.24) is 20.5 Å². The van der Waals surface area contributed by atoms with Gasteiger partial charge in [0, 0.05) is 43.6 Å². The van der Waals surface area contributed by atoms with Crippen molar-refractivity contribution in [2.24, 2.45) is 5.92 Å². The summed E-state index contributed by atoms with van der Waals surface area (Å²) in [6, 6.07) is 12.0. The third-order valence-corrected chi connectivity index (χ3v) is 5.51. The summed E-state index contributed by atoms with van der Waals surface area (Å²) in [5, 5.41) is 14.3. The van der Waals surface area contributed by atoms with Crippen LogP contribution in [0.2, 0.25) is 0 Å². The number of rotatable bonds is 6. The summed E-state index contributed by atoms with van der Waals surface area (Å²) in [6.45, 7) is 1.84. The fraction of sp³-hybridized carbons (Fsp3) is 0.304. The maximum atomic E-state index is 12.7. The number of nitrogens with one attached hydrogen (secondary N) is 2. The van der Waals surface area contributed by atoms with E-state index in [4.69, 9.17) is 0 Å². The van der Waals surface area contributed by atoms with E-state index in [1.165, 1.54) is 12.1 Å². The van der Waals surface area contributed by atoms with E-state index in [9.17, 15) is 18.0 Å². The fourth-order valence-corrected chi connectivity index (χ4v) is 3.66. The Balaban J connectivity index is 1.26. The highest BCUT2D eigenvalue weighted by molar-refractivity contribution is 5.79. The summed E-state index contributed by atoms with van der Waals surface area (Å²) in [4.78, 5) is 18.6. The van der Waals surface area contributed by atoms with Gasteiger partial charge in [-0.3, -0.25) is 9.78 Å². The molecule has 1 aromatic carbocycles. The van der Waals surface area contributed by atoms with E-state index < -0.39 is 11.7 Å². The number of benzene rings is 1. The van der Waals surface area contributed by atoms with Gasteiger partial charge in [0.05, 0.1) is 5.56 Å². The third-order valence-electron chi connectivity index (χ3n) is 5.51. The number of pyridine rings is 1. The van der Waals surface area contributed by atoms with Gasteiger partial charge in [0.15, 0.2) is 11.6 Å². The van der Waals surface area contributed by atoms with Crippen molar-refractivity contribution in [3.05, 3.63) is 72.1 Å². The fourth-order valence-electron chi connectivity index (χ4n) is 3.66. The van der Waals surface area contributed by atoms with Crippen LogP contribution in [0.4, 0.5) is 30.5 Å². The summed E-state index contributed by atoms with van der Waals surface area (Å²) in [7, 11) is 0. The molecule has 0 radical (unpaired) electrons. The van der Waals surface area contributed by atoms with Crippen molar-refractivity contribution in [2.75, 3.05) is 23.3 Å². The van der Waals surface area contributed by atoms with Gasteiger partial charge in [-0.15, -0.1) is 10.2 Å². The lowest BCUT2D eigenvalue weighted by Crippen LogP contribution is -2.40. The van der Waals surface area contributed by atoms with Crippen molar-refractivity contribution in [3.63, 3.8) is 0 Å². The lowest BCUT2D eigenvalue weighted by atomic mass is 9.96. The lowest BCUT2D eigenvalue weighted by Gasteiger charge is -2.31. The van der Waals surface area contributed by atoms with E-state index in [0.717, 1.165) is 17.7 Å². The number of amides is 1. The summed E-state index contributed by atoms with van der Waals surface area (Å²) >= 11 is 0. The molecular weight excluding hydrogens is 433 g/mol. The molecular formula is C23H23F3N6O. The number of hydrogen-bond acceptors (Lipinski definition) is 6. The van der Waals surface area contributed by atoms with E-state index in [-0.39, 0.29) is 11.8 Å². The molecule has 1 aliphatic heterocycles. The standard InChI is InChI=1S/C23H23F3N6O/c24-23(25,26)18-3-5-19(6-4-18)29-20-7-8-21(31-30-20)32-12-9-17(10-13-32)22(33)28-15-16-2-1-11-27-14-16/h1-8,11,14,17H,9-10,12-13,15H2,(H,28,33)(H,29,30). The number of halogens is 3. The summed E-state index contributed by atoms with van der Waals surface area (Å²) in [5.74, 6) is 1.12. The van der Waals surface area contributed by atoms with Crippen LogP contribution < -0.4 is 15.5 Å². The van der Waals surface area contributed by atoms with Crippen LogP contribution in [0, 0.1) is 5.92 Å². The highest BCUT2D eigenvalue weighted by Crippen LogP contribution is 2.30. The minimum atomic E-state index is -4.37. The van der Waals surface area contributed by atoms with Gasteiger partial charge in [0.1, 0.15) is 0 Å². The van der Waals surface area contributed by atoms with Crippen LogP contribution in [-0.2, 0) is 17.5 Å². The highest BCUT2D eigenvalue weighted by atomic mass is 19.4. The molecule has 3 heterocycles. The first kappa shape index (κ1) is 22.5. The first-order chi connectivity index (χ1) is 15.9. The van der Waals surface area contributed by atoms with Crippen LogP contribution in [0.5, 0.6) is 0 Å². The average Bonchev–Trinajstić information content (AvgIpc) is 2.84. The summed E-state index contributed by atoms with van der Waals surface area (Å²) in [6.07, 6.45) is 0.491. The van der Waals surface area contributed by atoms with E-state index in [1.807, 2.05) is 18.2 Å². The van der Waals surface area contributed by atoms with Gasteiger partial charge in [0.25, 0.3) is 0 Å². The number of alkyl halides is 3. The van der Waals surface area contributed by atoms with Crippen LogP contribution in [-0.4, -0.2) is 34.2 Å². The molecule has 0 saturated carbocycles. The molecule has 33 heavy (non-hydrogen) atoms. The second-order valence-corrected chi connectivity index (χ2v) is 7.82. The van der Waals surface area contributed by atoms with Gasteiger partial charge in [-0.1, -0.05) is 6.07 Å². The molecule has 0 aliphatic carbocycles. The Kier molecular flexibility index (Phi) is 6.71. The maximum Gasteiger partial charge on any atom is 0.416 e. The largest absolute Gasteiger partial charge is 0.416 e. The molecule has 10 heteroatoms. The topological polar surface area (TPSA) is 83.0 Å². The Labute approximate surface area is 189 Å². The van der Waals surface area contributed by atoms with Gasteiger partial charge in [-0.2, -0.15) is 13.2 Å². The first-order valence-corrected chi connectivity index (χ1v) is 10.6. The van der Waals surface area contributed by atoms with Gasteiger partial charge in [-0.25, -0.2) is 0 Å². The number of hydrogen-bond donors (Lipinski definition) is 2. The molecule has 0 spiro atoms. The van der Waals surface area contributed by atoms with Crippen molar-refractivity contribution < 1.29 is 18.0 Å². The maximum absolute atomic E-state index is 12.7. The van der Waals surface area contributed by atoms with Crippen LogP contribution >= 0.6 is 0 Å². The zero-order chi connectivity index (χ0) is 23.3. The quantitative estimate of drug-likeness (QED) is 0.580. The molecule has 3 aromatic rings.